The minimum absolute atomic E-state index is 0.165. The van der Waals surface area contributed by atoms with Gasteiger partial charge in [0.05, 0.1) is 6.61 Å². The number of nitrogens with one attached hydrogen (secondary N) is 2. The van der Waals surface area contributed by atoms with Crippen LogP contribution in [0.4, 0.5) is 9.59 Å². The first-order valence-corrected chi connectivity index (χ1v) is 9.65. The normalized spacial score (nSPS) is 17.0. The molecule has 154 valence electrons. The van der Waals surface area contributed by atoms with E-state index >= 15 is 0 Å². The minimum Gasteiger partial charge on any atom is -0.448 e. The number of nitrogens with zero attached hydrogens (tertiary/aromatic N) is 2. The number of amides is 2. The Morgan fingerprint density at radius 1 is 1.32 bits per heavy atom. The van der Waals surface area contributed by atoms with E-state index in [2.05, 4.69) is 5.32 Å². The fourth-order valence-electron chi connectivity index (χ4n) is 2.96. The van der Waals surface area contributed by atoms with Crippen molar-refractivity contribution in [3.63, 3.8) is 0 Å². The summed E-state index contributed by atoms with van der Waals surface area (Å²) in [4.78, 5) is 24.1. The van der Waals surface area contributed by atoms with Gasteiger partial charge in [-0.2, -0.15) is 5.01 Å². The van der Waals surface area contributed by atoms with Crippen molar-refractivity contribution in [3.8, 4) is 0 Å². The molecule has 1 heterocycles. The van der Waals surface area contributed by atoms with Gasteiger partial charge < -0.3 is 14.8 Å². The number of hydrogen-bond acceptors (Lipinski definition) is 6. The first-order valence-electron chi connectivity index (χ1n) is 9.65. The fourth-order valence-corrected chi connectivity index (χ4v) is 2.96. The molecule has 28 heavy (non-hydrogen) atoms. The van der Waals surface area contributed by atoms with Crippen molar-refractivity contribution in [2.75, 3.05) is 26.2 Å². The summed E-state index contributed by atoms with van der Waals surface area (Å²) in [5.41, 5.74) is 0.933. The van der Waals surface area contributed by atoms with Crippen LogP contribution in [-0.4, -0.2) is 54.8 Å². The zero-order valence-corrected chi connectivity index (χ0v) is 16.6. The Bertz CT molecular complexity index is 638. The maximum atomic E-state index is 12.2. The molecular weight excluding hydrogens is 360 g/mol. The molecule has 1 atom stereocenters. The number of rotatable bonds is 8. The van der Waals surface area contributed by atoms with Crippen LogP contribution in [-0.2, 0) is 16.1 Å². The first kappa shape index (κ1) is 21.7. The molecule has 1 aromatic carbocycles. The molecule has 2 rings (SSSR count). The van der Waals surface area contributed by atoms with Crippen LogP contribution < -0.4 is 5.32 Å². The Morgan fingerprint density at radius 2 is 2.07 bits per heavy atom. The zero-order valence-electron chi connectivity index (χ0n) is 16.6. The van der Waals surface area contributed by atoms with Gasteiger partial charge in [-0.25, -0.2) is 14.6 Å². The van der Waals surface area contributed by atoms with Gasteiger partial charge in [0.15, 0.2) is 0 Å². The van der Waals surface area contributed by atoms with Gasteiger partial charge in [-0.1, -0.05) is 44.2 Å². The van der Waals surface area contributed by atoms with Gasteiger partial charge >= 0.3 is 12.2 Å². The molecule has 1 aliphatic rings. The molecule has 8 heteroatoms. The van der Waals surface area contributed by atoms with E-state index in [0.29, 0.717) is 26.2 Å². The van der Waals surface area contributed by atoms with Crippen molar-refractivity contribution in [2.24, 2.45) is 11.8 Å². The van der Waals surface area contributed by atoms with E-state index in [4.69, 9.17) is 14.9 Å². The lowest BCUT2D eigenvalue weighted by Gasteiger charge is -2.37. The van der Waals surface area contributed by atoms with Crippen LogP contribution in [0.5, 0.6) is 0 Å². The van der Waals surface area contributed by atoms with E-state index in [1.165, 1.54) is 5.01 Å². The summed E-state index contributed by atoms with van der Waals surface area (Å²) in [7, 11) is 0. The van der Waals surface area contributed by atoms with Gasteiger partial charge in [0, 0.05) is 19.6 Å². The predicted octanol–water partition coefficient (Wildman–Crippen LogP) is 3.24. The van der Waals surface area contributed by atoms with Crippen molar-refractivity contribution in [3.05, 3.63) is 35.9 Å². The summed E-state index contributed by atoms with van der Waals surface area (Å²) in [5, 5.41) is 13.3. The number of alkyl carbamates (subject to hydrolysis) is 1. The molecule has 1 aliphatic heterocycles. The van der Waals surface area contributed by atoms with E-state index in [0.717, 1.165) is 24.7 Å². The molecule has 1 aromatic rings. The predicted molar refractivity (Wildman–Crippen MR) is 106 cm³/mol. The lowest BCUT2D eigenvalue weighted by Crippen LogP contribution is -2.51. The van der Waals surface area contributed by atoms with Gasteiger partial charge in [0.25, 0.3) is 0 Å². The van der Waals surface area contributed by atoms with E-state index in [-0.39, 0.29) is 18.4 Å². The summed E-state index contributed by atoms with van der Waals surface area (Å²) in [6, 6.07) is 9.50. The highest BCUT2D eigenvalue weighted by Crippen LogP contribution is 2.18. The van der Waals surface area contributed by atoms with E-state index in [9.17, 15) is 9.59 Å². The van der Waals surface area contributed by atoms with Crippen molar-refractivity contribution < 1.29 is 19.1 Å². The summed E-state index contributed by atoms with van der Waals surface area (Å²) < 4.78 is 10.4. The number of hydrazine groups is 1. The molecule has 0 bridgehead atoms. The van der Waals surface area contributed by atoms with Crippen LogP contribution in [0.15, 0.2) is 30.3 Å². The Labute approximate surface area is 166 Å². The van der Waals surface area contributed by atoms with Gasteiger partial charge in [-0.3, -0.25) is 5.41 Å². The summed E-state index contributed by atoms with van der Waals surface area (Å²) in [6.45, 7) is 6.15. The summed E-state index contributed by atoms with van der Waals surface area (Å²) >= 11 is 0. The highest BCUT2D eigenvalue weighted by molar-refractivity contribution is 5.80. The number of benzene rings is 1. The van der Waals surface area contributed by atoms with Crippen molar-refractivity contribution in [1.82, 2.24) is 15.3 Å². The first-order chi connectivity index (χ1) is 13.5. The third-order valence-electron chi connectivity index (χ3n) is 4.40. The van der Waals surface area contributed by atoms with Crippen molar-refractivity contribution in [1.29, 1.82) is 5.41 Å². The molecule has 0 saturated carbocycles. The zero-order chi connectivity index (χ0) is 20.4. The lowest BCUT2D eigenvalue weighted by molar-refractivity contribution is -0.00134. The van der Waals surface area contributed by atoms with E-state index in [1.54, 1.807) is 5.01 Å². The molecule has 8 nitrogen and oxygen atoms in total. The number of carbonyl (C=O) groups is 2. The SMILES string of the molecule is CC(C)COC(=O)N(C=N)N1CCC[C@@H](CNC(=O)OCc2ccccc2)C1. The van der Waals surface area contributed by atoms with Gasteiger partial charge in [-0.05, 0) is 30.2 Å². The number of hydrogen-bond donors (Lipinski definition) is 2. The third-order valence-corrected chi connectivity index (χ3v) is 4.40. The molecule has 0 unspecified atom stereocenters. The van der Waals surface area contributed by atoms with Gasteiger partial charge in [0.2, 0.25) is 0 Å². The van der Waals surface area contributed by atoms with Gasteiger partial charge in [0.1, 0.15) is 12.9 Å². The van der Waals surface area contributed by atoms with Crippen LogP contribution in [0.1, 0.15) is 32.3 Å². The van der Waals surface area contributed by atoms with Crippen LogP contribution in [0.2, 0.25) is 0 Å². The Morgan fingerprint density at radius 3 is 2.75 bits per heavy atom. The number of piperidine rings is 1. The smallest absolute Gasteiger partial charge is 0.430 e. The van der Waals surface area contributed by atoms with Crippen LogP contribution in [0, 0.1) is 17.2 Å². The highest BCUT2D eigenvalue weighted by atomic mass is 16.6. The van der Waals surface area contributed by atoms with Crippen LogP contribution in [0.25, 0.3) is 0 Å². The molecule has 1 fully saturated rings. The summed E-state index contributed by atoms with van der Waals surface area (Å²) in [6.07, 6.45) is 1.78. The molecule has 0 spiro atoms. The van der Waals surface area contributed by atoms with Crippen LogP contribution in [0.3, 0.4) is 0 Å². The van der Waals surface area contributed by atoms with Crippen LogP contribution >= 0.6 is 0 Å². The molecule has 0 radical (unpaired) electrons. The number of ether oxygens (including phenoxy) is 2. The topological polar surface area (TPSA) is 95.0 Å². The van der Waals surface area contributed by atoms with Crippen molar-refractivity contribution >= 4 is 18.5 Å². The fraction of sp³-hybridized carbons (Fsp3) is 0.550. The molecule has 2 amide bonds. The minimum atomic E-state index is -0.542. The Balaban J connectivity index is 1.76. The molecule has 0 aromatic heterocycles. The molecule has 1 saturated heterocycles. The standard InChI is InChI=1S/C20H30N4O4/c1-16(2)13-28-20(26)24(15-21)23-10-6-9-18(12-23)11-22-19(25)27-14-17-7-4-3-5-8-17/h3-5,7-8,15-16,18,21H,6,9-14H2,1-2H3,(H,22,25)/t18-/m0/s1. The second kappa shape index (κ2) is 11.3. The van der Waals surface area contributed by atoms with E-state index < -0.39 is 12.2 Å². The number of carbonyl (C=O) groups excluding carboxylic acids is 2. The van der Waals surface area contributed by atoms with Gasteiger partial charge in [-0.15, -0.1) is 0 Å². The largest absolute Gasteiger partial charge is 0.448 e. The Kier molecular flexibility index (Phi) is 8.74. The average molecular weight is 390 g/mol. The lowest BCUT2D eigenvalue weighted by atomic mass is 9.99. The molecule has 0 aliphatic carbocycles. The van der Waals surface area contributed by atoms with E-state index in [1.807, 2.05) is 44.2 Å². The summed E-state index contributed by atoms with van der Waals surface area (Å²) in [5.74, 6) is 0.398. The molecular formula is C20H30N4O4. The highest BCUT2D eigenvalue weighted by Gasteiger charge is 2.28. The second-order valence-electron chi connectivity index (χ2n) is 7.31. The van der Waals surface area contributed by atoms with Crippen molar-refractivity contribution in [2.45, 2.75) is 33.3 Å². The quantitative estimate of drug-likeness (QED) is 0.525. The second-order valence-corrected chi connectivity index (χ2v) is 7.31. The monoisotopic (exact) mass is 390 g/mol. The average Bonchev–Trinajstić information content (AvgIpc) is 2.71. The molecule has 2 N–H and O–H groups in total. The Hall–Kier alpha value is -2.61. The maximum absolute atomic E-state index is 12.2. The third kappa shape index (κ3) is 7.19. The maximum Gasteiger partial charge on any atom is 0.430 e.